The molecule has 0 atom stereocenters. The van der Waals surface area contributed by atoms with Gasteiger partial charge in [-0.1, -0.05) is 72.8 Å². The number of ether oxygens (including phenoxy) is 2. The first-order valence-electron chi connectivity index (χ1n) is 9.09. The van der Waals surface area contributed by atoms with Gasteiger partial charge in [-0.05, 0) is 22.9 Å². The summed E-state index contributed by atoms with van der Waals surface area (Å²) in [7, 11) is 0. The second-order valence-electron chi connectivity index (χ2n) is 6.12. The van der Waals surface area contributed by atoms with Gasteiger partial charge in [-0.2, -0.15) is 0 Å². The van der Waals surface area contributed by atoms with E-state index in [4.69, 9.17) is 9.47 Å². The molecule has 0 spiro atoms. The molecular weight excluding hydrogens is 416 g/mol. The molecule has 2 aromatic carbocycles. The molecule has 6 heteroatoms. The van der Waals surface area contributed by atoms with Crippen molar-refractivity contribution in [3.05, 3.63) is 117 Å². The average Bonchev–Trinajstić information content (AvgIpc) is 3.52. The quantitative estimate of drug-likeness (QED) is 0.202. The van der Waals surface area contributed by atoms with E-state index < -0.39 is 11.9 Å². The zero-order chi connectivity index (χ0) is 20.8. The third-order valence-corrected chi connectivity index (χ3v) is 5.81. The van der Waals surface area contributed by atoms with Crippen molar-refractivity contribution in [3.63, 3.8) is 0 Å². The zero-order valence-corrected chi connectivity index (χ0v) is 17.3. The van der Waals surface area contributed by atoms with Crippen LogP contribution in [0.3, 0.4) is 0 Å². The van der Waals surface area contributed by atoms with Crippen LogP contribution in [0.1, 0.15) is 30.5 Å². The Labute approximate surface area is 181 Å². The Morgan fingerprint density at radius 3 is 1.27 bits per heavy atom. The summed E-state index contributed by atoms with van der Waals surface area (Å²) in [6.45, 7) is 0. The van der Waals surface area contributed by atoms with Crippen molar-refractivity contribution < 1.29 is 19.1 Å². The number of thiophene rings is 2. The number of esters is 2. The molecule has 0 aliphatic rings. The van der Waals surface area contributed by atoms with Crippen LogP contribution in [0.4, 0.5) is 0 Å². The molecule has 0 unspecified atom stereocenters. The topological polar surface area (TPSA) is 52.6 Å². The number of rotatable bonds is 6. The molecule has 0 aliphatic heterocycles. The van der Waals surface area contributed by atoms with Crippen LogP contribution in [-0.2, 0) is 9.47 Å². The molecule has 2 heterocycles. The first-order chi connectivity index (χ1) is 14.7. The Balaban J connectivity index is 1.83. The van der Waals surface area contributed by atoms with Crippen LogP contribution in [-0.4, -0.2) is 11.9 Å². The Hall–Kier alpha value is -3.48. The van der Waals surface area contributed by atoms with Crippen molar-refractivity contribution in [2.75, 3.05) is 0 Å². The number of hydrogen-bond acceptors (Lipinski definition) is 6. The van der Waals surface area contributed by atoms with Crippen LogP contribution in [0.25, 0.3) is 11.5 Å². The smallest absolute Gasteiger partial charge is 0.353 e. The normalized spacial score (nSPS) is 11.5. The van der Waals surface area contributed by atoms with Crippen LogP contribution in [0.5, 0.6) is 0 Å². The predicted molar refractivity (Wildman–Crippen MR) is 119 cm³/mol. The van der Waals surface area contributed by atoms with E-state index in [9.17, 15) is 9.59 Å². The van der Waals surface area contributed by atoms with E-state index in [0.29, 0.717) is 20.9 Å². The highest BCUT2D eigenvalue weighted by Crippen LogP contribution is 2.31. The number of carbonyl (C=O) groups is 2. The fourth-order valence-corrected chi connectivity index (χ4v) is 3.92. The van der Waals surface area contributed by atoms with Gasteiger partial charge >= 0.3 is 11.9 Å². The maximum Gasteiger partial charge on any atom is 0.353 e. The van der Waals surface area contributed by atoms with Gasteiger partial charge in [-0.25, -0.2) is 9.59 Å². The molecule has 0 bridgehead atoms. The molecule has 2 aromatic heterocycles. The van der Waals surface area contributed by atoms with E-state index in [0.717, 1.165) is 0 Å². The lowest BCUT2D eigenvalue weighted by Gasteiger charge is -2.15. The molecule has 0 fully saturated rings. The molecular formula is C24H16O4S2. The molecule has 4 rings (SSSR count). The summed E-state index contributed by atoms with van der Waals surface area (Å²) in [6, 6.07) is 25.2. The van der Waals surface area contributed by atoms with Gasteiger partial charge < -0.3 is 9.47 Å². The van der Waals surface area contributed by atoms with E-state index >= 15 is 0 Å². The standard InChI is InChI=1S/C24H16O4S2/c25-23(19-13-7-15-29-19)27-21(17-9-3-1-4-10-17)22(18-11-5-2-6-12-18)28-24(26)20-14-8-16-30-20/h1-16H/b22-21+. The number of benzene rings is 2. The molecule has 0 N–H and O–H groups in total. The monoisotopic (exact) mass is 432 g/mol. The van der Waals surface area contributed by atoms with E-state index in [2.05, 4.69) is 0 Å². The van der Waals surface area contributed by atoms with Crippen molar-refractivity contribution in [3.8, 4) is 0 Å². The van der Waals surface area contributed by atoms with Crippen LogP contribution in [0.2, 0.25) is 0 Å². The minimum absolute atomic E-state index is 0.185. The highest BCUT2D eigenvalue weighted by molar-refractivity contribution is 7.12. The third kappa shape index (κ3) is 4.56. The van der Waals surface area contributed by atoms with E-state index in [1.807, 2.05) is 36.4 Å². The van der Waals surface area contributed by atoms with Crippen molar-refractivity contribution in [1.29, 1.82) is 0 Å². The summed E-state index contributed by atoms with van der Waals surface area (Å²) in [5, 5.41) is 3.61. The van der Waals surface area contributed by atoms with Gasteiger partial charge in [0, 0.05) is 11.1 Å². The summed E-state index contributed by atoms with van der Waals surface area (Å²) in [5.41, 5.74) is 1.25. The summed E-state index contributed by atoms with van der Waals surface area (Å²) in [4.78, 5) is 26.4. The number of hydrogen-bond donors (Lipinski definition) is 0. The van der Waals surface area contributed by atoms with Gasteiger partial charge in [0.15, 0.2) is 11.5 Å². The van der Waals surface area contributed by atoms with Crippen LogP contribution in [0.15, 0.2) is 95.7 Å². The van der Waals surface area contributed by atoms with Crippen molar-refractivity contribution in [2.45, 2.75) is 0 Å². The predicted octanol–water partition coefficient (Wildman–Crippen LogP) is 6.35. The Morgan fingerprint density at radius 1 is 0.533 bits per heavy atom. The molecule has 0 radical (unpaired) electrons. The van der Waals surface area contributed by atoms with Crippen molar-refractivity contribution in [2.24, 2.45) is 0 Å². The van der Waals surface area contributed by atoms with Gasteiger partial charge in [-0.3, -0.25) is 0 Å². The summed E-state index contributed by atoms with van der Waals surface area (Å²) in [6.07, 6.45) is 0. The van der Waals surface area contributed by atoms with Gasteiger partial charge in [0.2, 0.25) is 0 Å². The van der Waals surface area contributed by atoms with Crippen LogP contribution >= 0.6 is 22.7 Å². The van der Waals surface area contributed by atoms with E-state index in [-0.39, 0.29) is 11.5 Å². The van der Waals surface area contributed by atoms with Crippen LogP contribution < -0.4 is 0 Å². The largest absolute Gasteiger partial charge is 0.418 e. The van der Waals surface area contributed by atoms with Crippen molar-refractivity contribution in [1.82, 2.24) is 0 Å². The highest BCUT2D eigenvalue weighted by Gasteiger charge is 2.23. The summed E-state index contributed by atoms with van der Waals surface area (Å²) in [5.74, 6) is -0.649. The first-order valence-corrected chi connectivity index (χ1v) is 10.8. The van der Waals surface area contributed by atoms with E-state index in [1.165, 1.54) is 22.7 Å². The Kier molecular flexibility index (Phi) is 6.17. The lowest BCUT2D eigenvalue weighted by Crippen LogP contribution is -2.09. The van der Waals surface area contributed by atoms with Crippen molar-refractivity contribution >= 4 is 46.1 Å². The Morgan fingerprint density at radius 2 is 0.933 bits per heavy atom. The van der Waals surface area contributed by atoms with Gasteiger partial charge in [0.05, 0.1) is 0 Å². The fraction of sp³-hybridized carbons (Fsp3) is 0. The molecule has 4 aromatic rings. The van der Waals surface area contributed by atoms with Crippen LogP contribution in [0, 0.1) is 0 Å². The number of carbonyl (C=O) groups excluding carboxylic acids is 2. The maximum absolute atomic E-state index is 12.8. The lowest BCUT2D eigenvalue weighted by molar-refractivity contribution is 0.0652. The summed E-state index contributed by atoms with van der Waals surface area (Å²) >= 11 is 2.57. The fourth-order valence-electron chi connectivity index (χ4n) is 2.73. The maximum atomic E-state index is 12.8. The molecule has 0 saturated carbocycles. The van der Waals surface area contributed by atoms with E-state index in [1.54, 1.807) is 59.3 Å². The minimum atomic E-state index is -0.510. The second-order valence-corrected chi connectivity index (χ2v) is 8.02. The zero-order valence-electron chi connectivity index (χ0n) is 15.7. The molecule has 0 saturated heterocycles. The molecule has 0 amide bonds. The molecule has 4 nitrogen and oxygen atoms in total. The van der Waals surface area contributed by atoms with Gasteiger partial charge in [-0.15, -0.1) is 22.7 Å². The summed E-state index contributed by atoms with van der Waals surface area (Å²) < 4.78 is 11.6. The second kappa shape index (κ2) is 9.35. The van der Waals surface area contributed by atoms with Gasteiger partial charge in [0.1, 0.15) is 9.75 Å². The van der Waals surface area contributed by atoms with Gasteiger partial charge in [0.25, 0.3) is 0 Å². The molecule has 148 valence electrons. The highest BCUT2D eigenvalue weighted by atomic mass is 32.1. The molecule has 0 aliphatic carbocycles. The lowest BCUT2D eigenvalue weighted by atomic mass is 10.1. The Bertz CT molecular complexity index is 1050. The third-order valence-electron chi connectivity index (χ3n) is 4.11. The molecule has 30 heavy (non-hydrogen) atoms. The SMILES string of the molecule is O=C(O/C(=C(/OC(=O)c1cccs1)c1ccccc1)c1ccccc1)c1cccs1. The first kappa shape index (κ1) is 19.8. The minimum Gasteiger partial charge on any atom is -0.418 e. The average molecular weight is 433 g/mol.